The first-order chi connectivity index (χ1) is 7.25. The van der Waals surface area contributed by atoms with E-state index in [-0.39, 0.29) is 0 Å². The molecular weight excluding hydrogens is 188 g/mol. The fourth-order valence-electron chi connectivity index (χ4n) is 1.86. The second-order valence-electron chi connectivity index (χ2n) is 4.25. The highest BCUT2D eigenvalue weighted by molar-refractivity contribution is 5.23. The van der Waals surface area contributed by atoms with Crippen LogP contribution in [0, 0.1) is 6.92 Å². The van der Waals surface area contributed by atoms with Gasteiger partial charge in [-0.05, 0) is 32.9 Å². The zero-order valence-corrected chi connectivity index (χ0v) is 9.44. The van der Waals surface area contributed by atoms with E-state index in [2.05, 4.69) is 16.9 Å². The molecule has 1 saturated heterocycles. The zero-order chi connectivity index (χ0) is 10.7. The molecule has 2 rings (SSSR count). The van der Waals surface area contributed by atoms with Crippen LogP contribution < -0.4 is 4.74 Å². The fraction of sp³-hybridized carbons (Fsp3) is 0.583. The van der Waals surface area contributed by atoms with E-state index in [1.807, 2.05) is 19.1 Å². The maximum absolute atomic E-state index is 5.90. The van der Waals surface area contributed by atoms with Gasteiger partial charge in [-0.25, -0.2) is 4.98 Å². The third kappa shape index (κ3) is 2.69. The summed E-state index contributed by atoms with van der Waals surface area (Å²) in [6.45, 7) is 4.28. The molecule has 0 saturated carbocycles. The van der Waals surface area contributed by atoms with Gasteiger partial charge in [0.1, 0.15) is 6.10 Å². The van der Waals surface area contributed by atoms with Gasteiger partial charge in [0.25, 0.3) is 0 Å². The van der Waals surface area contributed by atoms with Crippen LogP contribution >= 0.6 is 0 Å². The van der Waals surface area contributed by atoms with Gasteiger partial charge >= 0.3 is 0 Å². The summed E-state index contributed by atoms with van der Waals surface area (Å²) in [4.78, 5) is 6.59. The fourth-order valence-corrected chi connectivity index (χ4v) is 1.86. The van der Waals surface area contributed by atoms with Gasteiger partial charge in [0, 0.05) is 24.8 Å². The van der Waals surface area contributed by atoms with E-state index in [1.165, 1.54) is 0 Å². The smallest absolute Gasteiger partial charge is 0.216 e. The highest BCUT2D eigenvalue weighted by atomic mass is 16.5. The Kier molecular flexibility index (Phi) is 3.21. The zero-order valence-electron chi connectivity index (χ0n) is 9.44. The standard InChI is InChI=1S/C12H18N2O/c1-10-4-3-7-13-12(10)15-11-5-8-14(2)9-6-11/h3-4,7,11H,5-6,8-9H2,1-2H3. The molecule has 1 aliphatic heterocycles. The summed E-state index contributed by atoms with van der Waals surface area (Å²) in [6, 6.07) is 3.98. The largest absolute Gasteiger partial charge is 0.474 e. The number of piperidine rings is 1. The predicted octanol–water partition coefficient (Wildman–Crippen LogP) is 1.86. The maximum atomic E-state index is 5.90. The summed E-state index contributed by atoms with van der Waals surface area (Å²) in [6.07, 6.45) is 4.34. The van der Waals surface area contributed by atoms with Gasteiger partial charge in [-0.2, -0.15) is 0 Å². The molecule has 0 atom stereocenters. The highest BCUT2D eigenvalue weighted by Crippen LogP contribution is 2.19. The molecule has 3 heteroatoms. The van der Waals surface area contributed by atoms with Crippen LogP contribution in [0.2, 0.25) is 0 Å². The Morgan fingerprint density at radius 2 is 2.13 bits per heavy atom. The van der Waals surface area contributed by atoms with Gasteiger partial charge in [0.15, 0.2) is 0 Å². The number of hydrogen-bond donors (Lipinski definition) is 0. The molecular formula is C12H18N2O. The molecule has 15 heavy (non-hydrogen) atoms. The minimum Gasteiger partial charge on any atom is -0.474 e. The lowest BCUT2D eigenvalue weighted by molar-refractivity contribution is 0.109. The lowest BCUT2D eigenvalue weighted by atomic mass is 10.1. The lowest BCUT2D eigenvalue weighted by Gasteiger charge is -2.29. The molecule has 0 radical (unpaired) electrons. The molecule has 0 unspecified atom stereocenters. The molecule has 1 fully saturated rings. The van der Waals surface area contributed by atoms with Crippen LogP contribution in [0.5, 0.6) is 5.88 Å². The van der Waals surface area contributed by atoms with Crippen molar-refractivity contribution >= 4 is 0 Å². The van der Waals surface area contributed by atoms with E-state index in [1.54, 1.807) is 6.20 Å². The Morgan fingerprint density at radius 1 is 1.40 bits per heavy atom. The summed E-state index contributed by atoms with van der Waals surface area (Å²) in [5, 5.41) is 0. The van der Waals surface area contributed by atoms with Crippen LogP contribution in [-0.4, -0.2) is 36.1 Å². The molecule has 0 aliphatic carbocycles. The summed E-state index contributed by atoms with van der Waals surface area (Å²) >= 11 is 0. The highest BCUT2D eigenvalue weighted by Gasteiger charge is 2.18. The molecule has 1 aromatic rings. The number of pyridine rings is 1. The number of likely N-dealkylation sites (tertiary alicyclic amines) is 1. The molecule has 1 aromatic heterocycles. The van der Waals surface area contributed by atoms with Crippen molar-refractivity contribution in [2.75, 3.05) is 20.1 Å². The summed E-state index contributed by atoms with van der Waals surface area (Å²) in [5.74, 6) is 0.798. The third-order valence-electron chi connectivity index (χ3n) is 2.91. The molecule has 0 spiro atoms. The van der Waals surface area contributed by atoms with Crippen LogP contribution in [0.25, 0.3) is 0 Å². The number of aryl methyl sites for hydroxylation is 1. The van der Waals surface area contributed by atoms with E-state index in [9.17, 15) is 0 Å². The number of ether oxygens (including phenoxy) is 1. The topological polar surface area (TPSA) is 25.4 Å². The molecule has 2 heterocycles. The summed E-state index contributed by atoms with van der Waals surface area (Å²) in [5.41, 5.74) is 1.12. The van der Waals surface area contributed by atoms with Crippen molar-refractivity contribution in [3.05, 3.63) is 23.9 Å². The van der Waals surface area contributed by atoms with Gasteiger partial charge in [0.05, 0.1) is 0 Å². The van der Waals surface area contributed by atoms with Crippen LogP contribution in [0.4, 0.5) is 0 Å². The average molecular weight is 206 g/mol. The normalized spacial score (nSPS) is 19.1. The summed E-state index contributed by atoms with van der Waals surface area (Å²) < 4.78 is 5.90. The van der Waals surface area contributed by atoms with Crippen molar-refractivity contribution in [2.45, 2.75) is 25.9 Å². The van der Waals surface area contributed by atoms with E-state index >= 15 is 0 Å². The van der Waals surface area contributed by atoms with Crippen molar-refractivity contribution < 1.29 is 4.74 Å². The van der Waals surface area contributed by atoms with Gasteiger partial charge in [-0.3, -0.25) is 0 Å². The first-order valence-corrected chi connectivity index (χ1v) is 5.52. The first kappa shape index (κ1) is 10.4. The molecule has 82 valence electrons. The minimum absolute atomic E-state index is 0.342. The average Bonchev–Trinajstić information content (AvgIpc) is 2.25. The number of aromatic nitrogens is 1. The van der Waals surface area contributed by atoms with Gasteiger partial charge in [-0.15, -0.1) is 0 Å². The van der Waals surface area contributed by atoms with Crippen LogP contribution in [0.15, 0.2) is 18.3 Å². The Bertz CT molecular complexity index is 319. The predicted molar refractivity (Wildman–Crippen MR) is 60.1 cm³/mol. The SMILES string of the molecule is Cc1cccnc1OC1CCN(C)CC1. The van der Waals surface area contributed by atoms with Crippen LogP contribution in [0.1, 0.15) is 18.4 Å². The van der Waals surface area contributed by atoms with Gasteiger partial charge in [-0.1, -0.05) is 6.07 Å². The summed E-state index contributed by atoms with van der Waals surface area (Å²) in [7, 11) is 2.15. The Morgan fingerprint density at radius 3 is 2.80 bits per heavy atom. The Balaban J connectivity index is 1.95. The molecule has 0 aromatic carbocycles. The first-order valence-electron chi connectivity index (χ1n) is 5.52. The van der Waals surface area contributed by atoms with E-state index in [0.29, 0.717) is 6.10 Å². The second kappa shape index (κ2) is 4.62. The molecule has 0 bridgehead atoms. The third-order valence-corrected chi connectivity index (χ3v) is 2.91. The van der Waals surface area contributed by atoms with Crippen molar-refractivity contribution in [1.29, 1.82) is 0 Å². The quantitative estimate of drug-likeness (QED) is 0.738. The maximum Gasteiger partial charge on any atom is 0.216 e. The second-order valence-corrected chi connectivity index (χ2v) is 4.25. The van der Waals surface area contributed by atoms with Crippen molar-refractivity contribution in [2.24, 2.45) is 0 Å². The number of rotatable bonds is 2. The van der Waals surface area contributed by atoms with Crippen molar-refractivity contribution in [3.8, 4) is 5.88 Å². The molecule has 3 nitrogen and oxygen atoms in total. The minimum atomic E-state index is 0.342. The van der Waals surface area contributed by atoms with Crippen molar-refractivity contribution in [3.63, 3.8) is 0 Å². The van der Waals surface area contributed by atoms with Crippen LogP contribution in [0.3, 0.4) is 0 Å². The van der Waals surface area contributed by atoms with E-state index in [4.69, 9.17) is 4.74 Å². The number of hydrogen-bond acceptors (Lipinski definition) is 3. The molecule has 0 amide bonds. The Hall–Kier alpha value is -1.09. The Labute approximate surface area is 91.1 Å². The van der Waals surface area contributed by atoms with Crippen LogP contribution in [-0.2, 0) is 0 Å². The van der Waals surface area contributed by atoms with Gasteiger partial charge < -0.3 is 9.64 Å². The molecule has 0 N–H and O–H groups in total. The lowest BCUT2D eigenvalue weighted by Crippen LogP contribution is -2.35. The van der Waals surface area contributed by atoms with Gasteiger partial charge in [0.2, 0.25) is 5.88 Å². The monoisotopic (exact) mass is 206 g/mol. The van der Waals surface area contributed by atoms with E-state index < -0.39 is 0 Å². The number of nitrogens with zero attached hydrogens (tertiary/aromatic N) is 2. The molecule has 1 aliphatic rings. The van der Waals surface area contributed by atoms with E-state index in [0.717, 1.165) is 37.4 Å². The van der Waals surface area contributed by atoms with Crippen molar-refractivity contribution in [1.82, 2.24) is 9.88 Å².